The first-order valence-electron chi connectivity index (χ1n) is 7.31. The summed E-state index contributed by atoms with van der Waals surface area (Å²) in [4.78, 5) is -0.648. The standard InChI is InChI=1S/C16H15BrF3NO5S/c1-24-12-4-5-13(25-2)10(7-12)9-21-27(22,23)15-6-3-11(17)8-14(15)26-16(18,19)20/h3-8,21H,9H2,1-2H3. The summed E-state index contributed by atoms with van der Waals surface area (Å²) >= 11 is 2.99. The first-order valence-corrected chi connectivity index (χ1v) is 9.59. The molecule has 0 aliphatic heterocycles. The van der Waals surface area contributed by atoms with E-state index in [1.54, 1.807) is 18.2 Å². The summed E-state index contributed by atoms with van der Waals surface area (Å²) in [5.41, 5.74) is 0.441. The molecule has 0 heterocycles. The quantitative estimate of drug-likeness (QED) is 0.666. The summed E-state index contributed by atoms with van der Waals surface area (Å²) in [7, 11) is -1.47. The van der Waals surface area contributed by atoms with Crippen molar-refractivity contribution in [2.45, 2.75) is 17.8 Å². The van der Waals surface area contributed by atoms with Crippen molar-refractivity contribution in [2.24, 2.45) is 0 Å². The van der Waals surface area contributed by atoms with E-state index >= 15 is 0 Å². The molecule has 11 heteroatoms. The third-order valence-electron chi connectivity index (χ3n) is 3.36. The molecule has 0 amide bonds. The number of halogens is 4. The van der Waals surface area contributed by atoms with Crippen LogP contribution in [0.15, 0.2) is 45.8 Å². The Morgan fingerprint density at radius 2 is 1.74 bits per heavy atom. The van der Waals surface area contributed by atoms with Gasteiger partial charge in [0.05, 0.1) is 14.2 Å². The molecule has 2 aromatic rings. The molecular formula is C16H15BrF3NO5S. The highest BCUT2D eigenvalue weighted by Gasteiger charge is 2.34. The van der Waals surface area contributed by atoms with Crippen LogP contribution in [0.2, 0.25) is 0 Å². The molecule has 0 atom stereocenters. The molecule has 148 valence electrons. The third kappa shape index (κ3) is 5.75. The van der Waals surface area contributed by atoms with Gasteiger partial charge in [0.1, 0.15) is 16.4 Å². The first kappa shape index (κ1) is 21.3. The lowest BCUT2D eigenvalue weighted by Gasteiger charge is -2.15. The Bertz CT molecular complexity index is 919. The van der Waals surface area contributed by atoms with Gasteiger partial charge >= 0.3 is 6.36 Å². The number of hydrogen-bond donors (Lipinski definition) is 1. The fourth-order valence-electron chi connectivity index (χ4n) is 2.18. The molecular weight excluding hydrogens is 455 g/mol. The third-order valence-corrected chi connectivity index (χ3v) is 5.30. The van der Waals surface area contributed by atoms with Gasteiger partial charge in [-0.2, -0.15) is 0 Å². The van der Waals surface area contributed by atoms with Crippen LogP contribution in [0, 0.1) is 0 Å². The summed E-state index contributed by atoms with van der Waals surface area (Å²) in [5.74, 6) is 0.0118. The summed E-state index contributed by atoms with van der Waals surface area (Å²) in [6, 6.07) is 7.99. The maximum absolute atomic E-state index is 12.6. The van der Waals surface area contributed by atoms with E-state index < -0.39 is 27.0 Å². The van der Waals surface area contributed by atoms with E-state index in [0.717, 1.165) is 12.1 Å². The van der Waals surface area contributed by atoms with Crippen molar-refractivity contribution in [3.8, 4) is 17.2 Å². The van der Waals surface area contributed by atoms with Gasteiger partial charge in [0, 0.05) is 16.6 Å². The molecule has 2 aromatic carbocycles. The number of sulfonamides is 1. The van der Waals surface area contributed by atoms with Crippen LogP contribution in [0.3, 0.4) is 0 Å². The molecule has 0 bridgehead atoms. The number of methoxy groups -OCH3 is 2. The van der Waals surface area contributed by atoms with E-state index in [0.29, 0.717) is 17.1 Å². The second-order valence-corrected chi connectivity index (χ2v) is 7.79. The number of alkyl halides is 3. The fourth-order valence-corrected chi connectivity index (χ4v) is 3.63. The van der Waals surface area contributed by atoms with Crippen molar-refractivity contribution in [2.75, 3.05) is 14.2 Å². The molecule has 1 N–H and O–H groups in total. The minimum absolute atomic E-state index is 0.232. The number of benzene rings is 2. The van der Waals surface area contributed by atoms with E-state index in [1.807, 2.05) is 0 Å². The summed E-state index contributed by atoms with van der Waals surface area (Å²) < 4.78 is 79.4. The van der Waals surface area contributed by atoms with Crippen LogP contribution in [0.5, 0.6) is 17.2 Å². The predicted molar refractivity (Wildman–Crippen MR) is 94.4 cm³/mol. The fraction of sp³-hybridized carbons (Fsp3) is 0.250. The lowest BCUT2D eigenvalue weighted by Crippen LogP contribution is -2.26. The smallest absolute Gasteiger partial charge is 0.497 e. The lowest BCUT2D eigenvalue weighted by molar-refractivity contribution is -0.275. The monoisotopic (exact) mass is 469 g/mol. The molecule has 0 aromatic heterocycles. The number of hydrogen-bond acceptors (Lipinski definition) is 5. The Morgan fingerprint density at radius 3 is 2.33 bits per heavy atom. The molecule has 0 spiro atoms. The highest BCUT2D eigenvalue weighted by Crippen LogP contribution is 2.32. The molecule has 0 aliphatic rings. The summed E-state index contributed by atoms with van der Waals surface area (Å²) in [6.07, 6.45) is -5.04. The van der Waals surface area contributed by atoms with Gasteiger partial charge in [-0.1, -0.05) is 15.9 Å². The van der Waals surface area contributed by atoms with Gasteiger partial charge in [-0.3, -0.25) is 0 Å². The number of ether oxygens (including phenoxy) is 3. The average Bonchev–Trinajstić information content (AvgIpc) is 2.58. The number of nitrogens with one attached hydrogen (secondary N) is 1. The normalized spacial score (nSPS) is 11.9. The zero-order chi connectivity index (χ0) is 20.2. The molecule has 0 saturated heterocycles. The minimum atomic E-state index is -5.04. The van der Waals surface area contributed by atoms with Gasteiger partial charge in [0.25, 0.3) is 0 Å². The van der Waals surface area contributed by atoms with Crippen molar-refractivity contribution in [3.05, 3.63) is 46.4 Å². The average molecular weight is 470 g/mol. The Kier molecular flexibility index (Phi) is 6.60. The van der Waals surface area contributed by atoms with E-state index in [9.17, 15) is 21.6 Å². The van der Waals surface area contributed by atoms with Crippen LogP contribution in [0.1, 0.15) is 5.56 Å². The zero-order valence-electron chi connectivity index (χ0n) is 14.1. The van der Waals surface area contributed by atoms with Crippen LogP contribution in [-0.2, 0) is 16.6 Å². The highest BCUT2D eigenvalue weighted by atomic mass is 79.9. The summed E-state index contributed by atoms with van der Waals surface area (Å²) in [6.45, 7) is -0.232. The van der Waals surface area contributed by atoms with Gasteiger partial charge in [-0.05, 0) is 36.4 Å². The molecule has 0 fully saturated rings. The van der Waals surface area contributed by atoms with Gasteiger partial charge in [0.15, 0.2) is 5.75 Å². The maximum Gasteiger partial charge on any atom is 0.573 e. The van der Waals surface area contributed by atoms with Crippen LogP contribution >= 0.6 is 15.9 Å². The van der Waals surface area contributed by atoms with Gasteiger partial charge in [-0.25, -0.2) is 13.1 Å². The van der Waals surface area contributed by atoms with E-state index in [1.165, 1.54) is 20.3 Å². The lowest BCUT2D eigenvalue weighted by atomic mass is 10.2. The maximum atomic E-state index is 12.6. The van der Waals surface area contributed by atoms with Gasteiger partial charge in [-0.15, -0.1) is 13.2 Å². The van der Waals surface area contributed by atoms with E-state index in [4.69, 9.17) is 9.47 Å². The molecule has 27 heavy (non-hydrogen) atoms. The molecule has 0 unspecified atom stereocenters. The predicted octanol–water partition coefficient (Wildman–Crippen LogP) is 3.84. The molecule has 6 nitrogen and oxygen atoms in total. The van der Waals surface area contributed by atoms with Crippen molar-refractivity contribution < 1.29 is 35.8 Å². The molecule has 0 radical (unpaired) electrons. The molecule has 0 saturated carbocycles. The SMILES string of the molecule is COc1ccc(OC)c(CNS(=O)(=O)c2ccc(Br)cc2OC(F)(F)F)c1. The number of rotatable bonds is 7. The van der Waals surface area contributed by atoms with E-state index in [-0.39, 0.29) is 11.0 Å². The second-order valence-electron chi connectivity index (χ2n) is 5.14. The Balaban J connectivity index is 2.33. The Labute approximate surface area is 162 Å². The minimum Gasteiger partial charge on any atom is -0.497 e. The second kappa shape index (κ2) is 8.36. The van der Waals surface area contributed by atoms with Crippen LogP contribution < -0.4 is 18.9 Å². The zero-order valence-corrected chi connectivity index (χ0v) is 16.5. The van der Waals surface area contributed by atoms with Gasteiger partial charge < -0.3 is 14.2 Å². The Hall–Kier alpha value is -1.98. The van der Waals surface area contributed by atoms with Crippen LogP contribution in [-0.4, -0.2) is 29.0 Å². The van der Waals surface area contributed by atoms with E-state index in [2.05, 4.69) is 25.4 Å². The molecule has 2 rings (SSSR count). The van der Waals surface area contributed by atoms with Crippen molar-refractivity contribution >= 4 is 26.0 Å². The summed E-state index contributed by atoms with van der Waals surface area (Å²) in [5, 5.41) is 0. The van der Waals surface area contributed by atoms with Crippen LogP contribution in [0.25, 0.3) is 0 Å². The van der Waals surface area contributed by atoms with Crippen LogP contribution in [0.4, 0.5) is 13.2 Å². The topological polar surface area (TPSA) is 73.9 Å². The largest absolute Gasteiger partial charge is 0.573 e. The first-order chi connectivity index (χ1) is 12.6. The van der Waals surface area contributed by atoms with Gasteiger partial charge in [0.2, 0.25) is 10.0 Å². The highest BCUT2D eigenvalue weighted by molar-refractivity contribution is 9.10. The van der Waals surface area contributed by atoms with Crippen molar-refractivity contribution in [1.29, 1.82) is 0 Å². The van der Waals surface area contributed by atoms with Crippen molar-refractivity contribution in [1.82, 2.24) is 4.72 Å². The van der Waals surface area contributed by atoms with Crippen molar-refractivity contribution in [3.63, 3.8) is 0 Å². The Morgan fingerprint density at radius 1 is 1.04 bits per heavy atom. The molecule has 0 aliphatic carbocycles.